The molecule has 76 valence electrons. The van der Waals surface area contributed by atoms with E-state index in [-0.39, 0.29) is 22.1 Å². The standard InChI is InChI=1S/C6H10ClN3OS.BrH/c1-6(3-7)2-4(10-11-6)9-5(8)12;/h2-3H2,1H3,(H3,8,9,10,12);1H. The minimum Gasteiger partial charge on any atom is -0.386 e. The molecule has 1 aliphatic heterocycles. The molecule has 1 atom stereocenters. The number of halogens is 2. The van der Waals surface area contributed by atoms with Crippen molar-refractivity contribution >= 4 is 52.2 Å². The highest BCUT2D eigenvalue weighted by Crippen LogP contribution is 2.23. The summed E-state index contributed by atoms with van der Waals surface area (Å²) in [7, 11) is 0. The Hall–Kier alpha value is 0.0600. The fraction of sp³-hybridized carbons (Fsp3) is 0.667. The Bertz CT molecular complexity index is 238. The van der Waals surface area contributed by atoms with Crippen molar-refractivity contribution in [1.82, 2.24) is 5.32 Å². The number of hydrogen-bond acceptors (Lipinski definition) is 3. The lowest BCUT2D eigenvalue weighted by molar-refractivity contribution is 0.0152. The Balaban J connectivity index is 0.00000144. The second-order valence-corrected chi connectivity index (χ2v) is 3.58. The van der Waals surface area contributed by atoms with Crippen molar-refractivity contribution in [2.75, 3.05) is 5.88 Å². The highest BCUT2D eigenvalue weighted by atomic mass is 79.9. The second kappa shape index (κ2) is 5.07. The van der Waals surface area contributed by atoms with Crippen LogP contribution in [-0.2, 0) is 4.84 Å². The molecule has 2 N–H and O–H groups in total. The van der Waals surface area contributed by atoms with Crippen molar-refractivity contribution in [1.29, 1.82) is 5.41 Å². The van der Waals surface area contributed by atoms with Crippen molar-refractivity contribution < 1.29 is 4.84 Å². The molecule has 1 unspecified atom stereocenters. The van der Waals surface area contributed by atoms with Crippen LogP contribution in [0.5, 0.6) is 0 Å². The normalized spacial score (nSPS) is 25.6. The smallest absolute Gasteiger partial charge is 0.156 e. The largest absolute Gasteiger partial charge is 0.386 e. The Morgan fingerprint density at radius 2 is 2.54 bits per heavy atom. The average Bonchev–Trinajstić information content (AvgIpc) is 2.32. The van der Waals surface area contributed by atoms with Gasteiger partial charge in [0.15, 0.2) is 16.6 Å². The maximum Gasteiger partial charge on any atom is 0.156 e. The Kier molecular flexibility index (Phi) is 5.09. The van der Waals surface area contributed by atoms with Gasteiger partial charge in [-0.1, -0.05) is 5.16 Å². The van der Waals surface area contributed by atoms with E-state index in [1.54, 1.807) is 0 Å². The van der Waals surface area contributed by atoms with Crippen molar-refractivity contribution in [3.05, 3.63) is 0 Å². The van der Waals surface area contributed by atoms with E-state index in [1.807, 2.05) is 6.92 Å². The van der Waals surface area contributed by atoms with E-state index in [1.165, 1.54) is 0 Å². The SMILES string of the molecule is Br.CC1(CCl)CC(NC(=N)S)=NO1. The number of thiol groups is 1. The van der Waals surface area contributed by atoms with Gasteiger partial charge in [-0.05, 0) is 6.92 Å². The van der Waals surface area contributed by atoms with Crippen LogP contribution in [0, 0.1) is 5.41 Å². The third-order valence-corrected chi connectivity index (χ3v) is 2.14. The molecule has 0 aromatic rings. The van der Waals surface area contributed by atoms with Crippen molar-refractivity contribution in [2.45, 2.75) is 18.9 Å². The lowest BCUT2D eigenvalue weighted by atomic mass is 10.1. The maximum absolute atomic E-state index is 7.03. The summed E-state index contributed by atoms with van der Waals surface area (Å²) in [6.45, 7) is 1.86. The number of oxime groups is 1. The van der Waals surface area contributed by atoms with E-state index >= 15 is 0 Å². The summed E-state index contributed by atoms with van der Waals surface area (Å²) < 4.78 is 0. The van der Waals surface area contributed by atoms with Gasteiger partial charge in [-0.3, -0.25) is 5.41 Å². The van der Waals surface area contributed by atoms with Crippen molar-refractivity contribution in [2.24, 2.45) is 5.16 Å². The number of amidine groups is 2. The second-order valence-electron chi connectivity index (χ2n) is 2.86. The third kappa shape index (κ3) is 3.74. The topological polar surface area (TPSA) is 57.5 Å². The number of nitrogens with one attached hydrogen (secondary N) is 2. The Morgan fingerprint density at radius 1 is 1.92 bits per heavy atom. The van der Waals surface area contributed by atoms with Crippen molar-refractivity contribution in [3.63, 3.8) is 0 Å². The van der Waals surface area contributed by atoms with E-state index in [2.05, 4.69) is 23.1 Å². The first kappa shape index (κ1) is 13.1. The van der Waals surface area contributed by atoms with E-state index in [0.717, 1.165) is 0 Å². The van der Waals surface area contributed by atoms with Gasteiger partial charge in [0.1, 0.15) is 0 Å². The van der Waals surface area contributed by atoms with E-state index < -0.39 is 5.60 Å². The van der Waals surface area contributed by atoms with Crippen molar-refractivity contribution in [3.8, 4) is 0 Å². The molecule has 0 bridgehead atoms. The zero-order valence-electron chi connectivity index (χ0n) is 7.00. The van der Waals surface area contributed by atoms with Gasteiger partial charge in [-0.25, -0.2) is 0 Å². The molecule has 0 saturated heterocycles. The summed E-state index contributed by atoms with van der Waals surface area (Å²) in [4.78, 5) is 5.07. The number of nitrogens with zero attached hydrogens (tertiary/aromatic N) is 1. The maximum atomic E-state index is 7.03. The van der Waals surface area contributed by atoms with Gasteiger partial charge in [0.25, 0.3) is 0 Å². The minimum absolute atomic E-state index is 0. The molecule has 0 saturated carbocycles. The molecular formula is C6H11BrClN3OS. The van der Waals surface area contributed by atoms with Crippen LogP contribution in [0.15, 0.2) is 5.16 Å². The lowest BCUT2D eigenvalue weighted by Gasteiger charge is -2.16. The van der Waals surface area contributed by atoms with Gasteiger partial charge in [-0.2, -0.15) is 0 Å². The van der Waals surface area contributed by atoms with Crippen LogP contribution in [-0.4, -0.2) is 22.5 Å². The molecule has 0 fully saturated rings. The van der Waals surface area contributed by atoms with Crippen LogP contribution in [0.3, 0.4) is 0 Å². The van der Waals surface area contributed by atoms with E-state index in [9.17, 15) is 0 Å². The molecule has 0 aromatic carbocycles. The molecule has 13 heavy (non-hydrogen) atoms. The minimum atomic E-state index is -0.437. The van der Waals surface area contributed by atoms with Crippen LogP contribution in [0.1, 0.15) is 13.3 Å². The summed E-state index contributed by atoms with van der Waals surface area (Å²) in [5.41, 5.74) is -0.437. The first-order valence-electron chi connectivity index (χ1n) is 3.41. The zero-order chi connectivity index (χ0) is 9.19. The average molecular weight is 289 g/mol. The zero-order valence-corrected chi connectivity index (χ0v) is 10.4. The molecular weight excluding hydrogens is 278 g/mol. The molecule has 1 aliphatic rings. The molecule has 4 nitrogen and oxygen atoms in total. The molecule has 0 amide bonds. The molecule has 1 heterocycles. The highest BCUT2D eigenvalue weighted by molar-refractivity contribution is 8.93. The Morgan fingerprint density at radius 3 is 2.92 bits per heavy atom. The monoisotopic (exact) mass is 287 g/mol. The molecule has 0 aromatic heterocycles. The molecule has 0 spiro atoms. The Labute approximate surface area is 97.7 Å². The predicted molar refractivity (Wildman–Crippen MR) is 62.4 cm³/mol. The van der Waals surface area contributed by atoms with Crippen LogP contribution in [0.25, 0.3) is 0 Å². The fourth-order valence-electron chi connectivity index (χ4n) is 0.859. The molecule has 1 rings (SSSR count). The summed E-state index contributed by atoms with van der Waals surface area (Å²) in [6.07, 6.45) is 0.583. The van der Waals surface area contributed by atoms with Gasteiger partial charge >= 0.3 is 0 Å². The first-order chi connectivity index (χ1) is 5.56. The van der Waals surface area contributed by atoms with Crippen LogP contribution in [0.2, 0.25) is 0 Å². The van der Waals surface area contributed by atoms with Gasteiger partial charge in [0.2, 0.25) is 0 Å². The van der Waals surface area contributed by atoms with Crippen LogP contribution in [0.4, 0.5) is 0 Å². The third-order valence-electron chi connectivity index (χ3n) is 1.46. The number of hydrogen-bond donors (Lipinski definition) is 3. The van der Waals surface area contributed by atoms with Gasteiger partial charge < -0.3 is 10.2 Å². The number of rotatable bonds is 1. The molecule has 0 radical (unpaired) electrons. The van der Waals surface area contributed by atoms with Gasteiger partial charge in [0.05, 0.1) is 12.3 Å². The van der Waals surface area contributed by atoms with Gasteiger partial charge in [0, 0.05) is 0 Å². The predicted octanol–water partition coefficient (Wildman–Crippen LogP) is 1.75. The van der Waals surface area contributed by atoms with Crippen LogP contribution < -0.4 is 5.32 Å². The highest BCUT2D eigenvalue weighted by Gasteiger charge is 2.33. The number of alkyl halides is 1. The summed E-state index contributed by atoms with van der Waals surface area (Å²) >= 11 is 9.41. The molecule has 0 aliphatic carbocycles. The molecule has 7 heteroatoms. The van der Waals surface area contributed by atoms with E-state index in [0.29, 0.717) is 18.1 Å². The summed E-state index contributed by atoms with van der Waals surface area (Å²) in [5, 5.41) is 13.5. The van der Waals surface area contributed by atoms with Crippen LogP contribution >= 0.6 is 41.2 Å². The summed E-state index contributed by atoms with van der Waals surface area (Å²) in [6, 6.07) is 0. The first-order valence-corrected chi connectivity index (χ1v) is 4.39. The quantitative estimate of drug-likeness (QED) is 0.298. The van der Waals surface area contributed by atoms with Gasteiger partial charge in [-0.15, -0.1) is 41.2 Å². The fourth-order valence-corrected chi connectivity index (χ4v) is 1.13. The summed E-state index contributed by atoms with van der Waals surface area (Å²) in [5.74, 6) is 0.972. The lowest BCUT2D eigenvalue weighted by Crippen LogP contribution is -2.32. The van der Waals surface area contributed by atoms with E-state index in [4.69, 9.17) is 21.8 Å².